The summed E-state index contributed by atoms with van der Waals surface area (Å²) in [5.41, 5.74) is 2.79. The summed E-state index contributed by atoms with van der Waals surface area (Å²) >= 11 is 0. The number of carbonyl (C=O) groups is 3. The molecule has 2 aromatic carbocycles. The van der Waals surface area contributed by atoms with Crippen LogP contribution in [0.1, 0.15) is 69.2 Å². The molecular formula is C23H24N2O4. The number of hydrogen-bond acceptors (Lipinski definition) is 4. The molecule has 150 valence electrons. The highest BCUT2D eigenvalue weighted by molar-refractivity contribution is 6.22. The van der Waals surface area contributed by atoms with Gasteiger partial charge in [0.25, 0.3) is 17.7 Å². The predicted octanol–water partition coefficient (Wildman–Crippen LogP) is 3.84. The smallest absolute Gasteiger partial charge is 0.261 e. The number of anilines is 1. The lowest BCUT2D eigenvalue weighted by molar-refractivity contribution is 0.0475. The molecule has 2 heterocycles. The van der Waals surface area contributed by atoms with Gasteiger partial charge in [-0.3, -0.25) is 19.3 Å². The van der Waals surface area contributed by atoms with Crippen LogP contribution in [-0.2, 0) is 4.74 Å². The van der Waals surface area contributed by atoms with Crippen LogP contribution in [0.15, 0.2) is 42.5 Å². The Labute approximate surface area is 169 Å². The lowest BCUT2D eigenvalue weighted by atomic mass is 10.0. The van der Waals surface area contributed by atoms with Crippen molar-refractivity contribution in [3.05, 3.63) is 64.7 Å². The van der Waals surface area contributed by atoms with Gasteiger partial charge in [-0.1, -0.05) is 26.0 Å². The molecule has 2 aliphatic rings. The maximum absolute atomic E-state index is 12.8. The monoisotopic (exact) mass is 392 g/mol. The van der Waals surface area contributed by atoms with E-state index in [2.05, 4.69) is 19.2 Å². The fraction of sp³-hybridized carbons (Fsp3) is 0.348. The minimum atomic E-state index is -0.364. The van der Waals surface area contributed by atoms with E-state index in [1.54, 1.807) is 12.1 Å². The van der Waals surface area contributed by atoms with Crippen molar-refractivity contribution in [3.8, 4) is 0 Å². The maximum atomic E-state index is 12.8. The van der Waals surface area contributed by atoms with Gasteiger partial charge in [-0.15, -0.1) is 0 Å². The van der Waals surface area contributed by atoms with Gasteiger partial charge in [-0.05, 0) is 54.7 Å². The van der Waals surface area contributed by atoms with E-state index in [0.717, 1.165) is 18.4 Å². The molecule has 1 atom stereocenters. The van der Waals surface area contributed by atoms with Gasteiger partial charge in [0.2, 0.25) is 0 Å². The third-order valence-corrected chi connectivity index (χ3v) is 5.45. The topological polar surface area (TPSA) is 75.7 Å². The Bertz CT molecular complexity index is 977. The zero-order chi connectivity index (χ0) is 20.5. The van der Waals surface area contributed by atoms with E-state index in [-0.39, 0.29) is 35.9 Å². The number of benzene rings is 2. The molecule has 1 saturated heterocycles. The van der Waals surface area contributed by atoms with Crippen molar-refractivity contribution in [3.63, 3.8) is 0 Å². The number of fused-ring (bicyclic) bond motifs is 1. The highest BCUT2D eigenvalue weighted by Crippen LogP contribution is 2.26. The Morgan fingerprint density at radius 2 is 1.93 bits per heavy atom. The Morgan fingerprint density at radius 3 is 2.66 bits per heavy atom. The summed E-state index contributed by atoms with van der Waals surface area (Å²) in [5.74, 6) is -0.647. The van der Waals surface area contributed by atoms with E-state index in [9.17, 15) is 14.4 Å². The van der Waals surface area contributed by atoms with Crippen molar-refractivity contribution in [1.29, 1.82) is 0 Å². The molecule has 6 heteroatoms. The molecule has 0 spiro atoms. The standard InChI is InChI=1S/C23H24N2O4/c1-14(2)15-5-3-6-17(11-15)24-21(26)16-8-9-19-20(12-16)23(28)25(22(19)27)13-18-7-4-10-29-18/h3,5-6,8-9,11-12,14,18H,4,7,10,13H2,1-2H3,(H,24,26). The number of nitrogens with zero attached hydrogens (tertiary/aromatic N) is 1. The number of carbonyl (C=O) groups excluding carboxylic acids is 3. The van der Waals surface area contributed by atoms with Crippen LogP contribution in [0.25, 0.3) is 0 Å². The lowest BCUT2D eigenvalue weighted by Gasteiger charge is -2.17. The molecule has 1 fully saturated rings. The third-order valence-electron chi connectivity index (χ3n) is 5.45. The van der Waals surface area contributed by atoms with Crippen LogP contribution in [0.3, 0.4) is 0 Å². The first-order chi connectivity index (χ1) is 13.9. The van der Waals surface area contributed by atoms with E-state index in [1.165, 1.54) is 11.0 Å². The highest BCUT2D eigenvalue weighted by Gasteiger charge is 2.37. The van der Waals surface area contributed by atoms with Crippen LogP contribution in [-0.4, -0.2) is 41.9 Å². The van der Waals surface area contributed by atoms with Gasteiger partial charge in [0.15, 0.2) is 0 Å². The van der Waals surface area contributed by atoms with Gasteiger partial charge in [0, 0.05) is 17.9 Å². The number of ether oxygens (including phenoxy) is 1. The first-order valence-electron chi connectivity index (χ1n) is 9.97. The van der Waals surface area contributed by atoms with Crippen LogP contribution < -0.4 is 5.32 Å². The van der Waals surface area contributed by atoms with E-state index in [0.29, 0.717) is 29.3 Å². The molecule has 29 heavy (non-hydrogen) atoms. The van der Waals surface area contributed by atoms with E-state index in [1.807, 2.05) is 24.3 Å². The van der Waals surface area contributed by atoms with Crippen molar-refractivity contribution in [1.82, 2.24) is 4.90 Å². The Morgan fingerprint density at radius 1 is 1.14 bits per heavy atom. The first-order valence-corrected chi connectivity index (χ1v) is 9.97. The Hall–Kier alpha value is -2.99. The van der Waals surface area contributed by atoms with Crippen LogP contribution in [0.5, 0.6) is 0 Å². The molecule has 0 aliphatic carbocycles. The van der Waals surface area contributed by atoms with Gasteiger partial charge in [-0.2, -0.15) is 0 Å². The first kappa shape index (κ1) is 19.3. The second-order valence-corrected chi connectivity index (χ2v) is 7.85. The summed E-state index contributed by atoms with van der Waals surface area (Å²) < 4.78 is 5.55. The molecular weight excluding hydrogens is 368 g/mol. The number of hydrogen-bond donors (Lipinski definition) is 1. The second-order valence-electron chi connectivity index (χ2n) is 7.85. The number of imide groups is 1. The van der Waals surface area contributed by atoms with Gasteiger partial charge in [0.1, 0.15) is 0 Å². The molecule has 4 rings (SSSR count). The van der Waals surface area contributed by atoms with Crippen LogP contribution in [0.4, 0.5) is 5.69 Å². The predicted molar refractivity (Wildman–Crippen MR) is 109 cm³/mol. The minimum Gasteiger partial charge on any atom is -0.376 e. The summed E-state index contributed by atoms with van der Waals surface area (Å²) in [6.45, 7) is 5.10. The zero-order valence-electron chi connectivity index (χ0n) is 16.6. The van der Waals surface area contributed by atoms with Gasteiger partial charge >= 0.3 is 0 Å². The van der Waals surface area contributed by atoms with Crippen molar-refractivity contribution < 1.29 is 19.1 Å². The van der Waals surface area contributed by atoms with Crippen LogP contribution in [0, 0.1) is 0 Å². The lowest BCUT2D eigenvalue weighted by Crippen LogP contribution is -2.36. The van der Waals surface area contributed by atoms with Crippen molar-refractivity contribution in [2.75, 3.05) is 18.5 Å². The average molecular weight is 392 g/mol. The molecule has 0 aromatic heterocycles. The minimum absolute atomic E-state index is 0.104. The zero-order valence-corrected chi connectivity index (χ0v) is 16.6. The number of rotatable bonds is 5. The average Bonchev–Trinajstić information content (AvgIpc) is 3.31. The Balaban J connectivity index is 1.52. The molecule has 0 bridgehead atoms. The largest absolute Gasteiger partial charge is 0.376 e. The summed E-state index contributed by atoms with van der Waals surface area (Å²) in [5, 5.41) is 2.87. The molecule has 0 saturated carbocycles. The van der Waals surface area contributed by atoms with E-state index < -0.39 is 0 Å². The third kappa shape index (κ3) is 3.80. The molecule has 1 unspecified atom stereocenters. The summed E-state index contributed by atoms with van der Waals surface area (Å²) in [6.07, 6.45) is 1.68. The van der Waals surface area contributed by atoms with Gasteiger partial charge < -0.3 is 10.1 Å². The van der Waals surface area contributed by atoms with Crippen LogP contribution in [0.2, 0.25) is 0 Å². The molecule has 2 aromatic rings. The van der Waals surface area contributed by atoms with Crippen molar-refractivity contribution in [2.24, 2.45) is 0 Å². The van der Waals surface area contributed by atoms with Crippen molar-refractivity contribution >= 4 is 23.4 Å². The summed E-state index contributed by atoms with van der Waals surface area (Å²) in [6, 6.07) is 12.3. The molecule has 1 N–H and O–H groups in total. The molecule has 2 aliphatic heterocycles. The van der Waals surface area contributed by atoms with Gasteiger partial charge in [0.05, 0.1) is 23.8 Å². The Kier molecular flexibility index (Phi) is 5.20. The fourth-order valence-corrected chi connectivity index (χ4v) is 3.77. The van der Waals surface area contributed by atoms with Crippen LogP contribution >= 0.6 is 0 Å². The maximum Gasteiger partial charge on any atom is 0.261 e. The number of nitrogens with one attached hydrogen (secondary N) is 1. The normalized spacial score (nSPS) is 18.4. The van der Waals surface area contributed by atoms with E-state index in [4.69, 9.17) is 4.74 Å². The fourth-order valence-electron chi connectivity index (χ4n) is 3.77. The molecule has 3 amide bonds. The molecule has 6 nitrogen and oxygen atoms in total. The summed E-state index contributed by atoms with van der Waals surface area (Å²) in [4.78, 5) is 39.3. The second kappa shape index (κ2) is 7.79. The summed E-state index contributed by atoms with van der Waals surface area (Å²) in [7, 11) is 0. The molecule has 0 radical (unpaired) electrons. The van der Waals surface area contributed by atoms with Crippen molar-refractivity contribution in [2.45, 2.75) is 38.7 Å². The number of amides is 3. The highest BCUT2D eigenvalue weighted by atomic mass is 16.5. The SMILES string of the molecule is CC(C)c1cccc(NC(=O)c2ccc3c(c2)C(=O)N(CC2CCCO2)C3=O)c1. The van der Waals surface area contributed by atoms with Gasteiger partial charge in [-0.25, -0.2) is 0 Å². The van der Waals surface area contributed by atoms with E-state index >= 15 is 0 Å². The quantitative estimate of drug-likeness (QED) is 0.785.